The Kier molecular flexibility index (Phi) is 4.24. The van der Waals surface area contributed by atoms with E-state index in [0.717, 1.165) is 0 Å². The van der Waals surface area contributed by atoms with Crippen molar-refractivity contribution in [3.8, 4) is 0 Å². The molecule has 0 aliphatic carbocycles. The summed E-state index contributed by atoms with van der Waals surface area (Å²) in [7, 11) is -3.73. The Morgan fingerprint density at radius 3 is 2.53 bits per heavy atom. The van der Waals surface area contributed by atoms with Gasteiger partial charge >= 0.3 is 0 Å². The van der Waals surface area contributed by atoms with Crippen LogP contribution >= 0.6 is 0 Å². The minimum Gasteiger partial charge on any atom is -0.353 e. The zero-order chi connectivity index (χ0) is 13.1. The highest BCUT2D eigenvalue weighted by Gasteiger charge is 2.23. The van der Waals surface area contributed by atoms with Gasteiger partial charge in [-0.3, -0.25) is 9.89 Å². The van der Waals surface area contributed by atoms with Gasteiger partial charge in [-0.2, -0.15) is 9.82 Å². The molecule has 1 rings (SSSR count). The smallest absolute Gasteiger partial charge is 0.258 e. The summed E-state index contributed by atoms with van der Waals surface area (Å²) in [6, 6.07) is 0.433. The van der Waals surface area contributed by atoms with E-state index < -0.39 is 16.1 Å². The summed E-state index contributed by atoms with van der Waals surface area (Å²) in [5, 5.41) is 8.43. The molecule has 0 aliphatic heterocycles. The molecule has 1 amide bonds. The molecule has 1 unspecified atom stereocenters. The zero-order valence-electron chi connectivity index (χ0n) is 9.89. The molecule has 0 spiro atoms. The maximum absolute atomic E-state index is 11.7. The van der Waals surface area contributed by atoms with Gasteiger partial charge in [-0.05, 0) is 26.8 Å². The topological polar surface area (TPSA) is 104 Å². The third-order valence-corrected chi connectivity index (χ3v) is 3.39. The molecule has 0 saturated heterocycles. The molecule has 1 atom stereocenters. The first-order valence-corrected chi connectivity index (χ1v) is 6.63. The van der Waals surface area contributed by atoms with Crippen molar-refractivity contribution in [3.63, 3.8) is 0 Å². The summed E-state index contributed by atoms with van der Waals surface area (Å²) in [4.78, 5) is 11.5. The quantitative estimate of drug-likeness (QED) is 0.670. The van der Waals surface area contributed by atoms with Crippen molar-refractivity contribution in [1.82, 2.24) is 20.2 Å². The molecular formula is C9H16N4O3S. The highest BCUT2D eigenvalue weighted by molar-refractivity contribution is 7.89. The van der Waals surface area contributed by atoms with Crippen molar-refractivity contribution in [1.29, 1.82) is 0 Å². The van der Waals surface area contributed by atoms with Crippen LogP contribution in [0.15, 0.2) is 17.3 Å². The van der Waals surface area contributed by atoms with Crippen molar-refractivity contribution in [2.75, 3.05) is 0 Å². The number of aromatic nitrogens is 2. The van der Waals surface area contributed by atoms with E-state index >= 15 is 0 Å². The number of hydrogen-bond acceptors (Lipinski definition) is 4. The normalized spacial score (nSPS) is 13.6. The molecule has 0 saturated carbocycles. The first kappa shape index (κ1) is 13.7. The molecule has 3 N–H and O–H groups in total. The van der Waals surface area contributed by atoms with Crippen molar-refractivity contribution in [3.05, 3.63) is 12.3 Å². The molecule has 0 fully saturated rings. The van der Waals surface area contributed by atoms with Gasteiger partial charge in [0.15, 0.2) is 5.03 Å². The van der Waals surface area contributed by atoms with Crippen LogP contribution in [-0.4, -0.2) is 36.6 Å². The van der Waals surface area contributed by atoms with Crippen LogP contribution in [0.2, 0.25) is 0 Å². The van der Waals surface area contributed by atoms with Gasteiger partial charge in [0.25, 0.3) is 10.0 Å². The van der Waals surface area contributed by atoms with Crippen LogP contribution in [0, 0.1) is 0 Å². The minimum absolute atomic E-state index is 0.0402. The Bertz CT molecular complexity index is 466. The lowest BCUT2D eigenvalue weighted by Gasteiger charge is -2.15. The Morgan fingerprint density at radius 2 is 2.06 bits per heavy atom. The fourth-order valence-electron chi connectivity index (χ4n) is 1.15. The number of sulfonamides is 1. The molecule has 8 heteroatoms. The lowest BCUT2D eigenvalue weighted by Crippen LogP contribution is -2.46. The highest BCUT2D eigenvalue weighted by Crippen LogP contribution is 2.03. The van der Waals surface area contributed by atoms with Crippen molar-refractivity contribution >= 4 is 15.9 Å². The number of carbonyl (C=O) groups is 1. The van der Waals surface area contributed by atoms with E-state index in [1.165, 1.54) is 19.2 Å². The average molecular weight is 260 g/mol. The Labute approximate surface area is 100 Å². The van der Waals surface area contributed by atoms with Crippen LogP contribution in [0.3, 0.4) is 0 Å². The summed E-state index contributed by atoms with van der Waals surface area (Å²) in [5.74, 6) is -0.372. The van der Waals surface area contributed by atoms with E-state index in [1.54, 1.807) is 13.8 Å². The molecule has 1 aromatic heterocycles. The number of hydrogen-bond donors (Lipinski definition) is 3. The summed E-state index contributed by atoms with van der Waals surface area (Å²) < 4.78 is 25.7. The summed E-state index contributed by atoms with van der Waals surface area (Å²) in [5.41, 5.74) is 0. The summed E-state index contributed by atoms with van der Waals surface area (Å²) in [6.07, 6.45) is 1.33. The molecule has 1 aromatic rings. The second-order valence-corrected chi connectivity index (χ2v) is 5.61. The number of nitrogens with one attached hydrogen (secondary N) is 3. The lowest BCUT2D eigenvalue weighted by molar-refractivity contribution is -0.122. The first-order valence-electron chi connectivity index (χ1n) is 5.15. The average Bonchev–Trinajstić information content (AvgIpc) is 2.68. The molecule has 0 bridgehead atoms. The van der Waals surface area contributed by atoms with Gasteiger partial charge in [-0.1, -0.05) is 0 Å². The maximum atomic E-state index is 11.7. The van der Waals surface area contributed by atoms with Crippen molar-refractivity contribution in [2.24, 2.45) is 0 Å². The van der Waals surface area contributed by atoms with E-state index in [1.807, 2.05) is 0 Å². The van der Waals surface area contributed by atoms with Crippen LogP contribution in [0.25, 0.3) is 0 Å². The fraction of sp³-hybridized carbons (Fsp3) is 0.556. The second-order valence-electron chi connectivity index (χ2n) is 3.93. The van der Waals surface area contributed by atoms with Gasteiger partial charge < -0.3 is 5.32 Å². The molecule has 1 heterocycles. The molecule has 0 aliphatic rings. The monoisotopic (exact) mass is 260 g/mol. The third-order valence-electron chi connectivity index (χ3n) is 1.92. The second kappa shape index (κ2) is 5.28. The third kappa shape index (κ3) is 3.82. The van der Waals surface area contributed by atoms with Gasteiger partial charge in [0.05, 0.1) is 12.2 Å². The number of rotatable bonds is 5. The van der Waals surface area contributed by atoms with Crippen LogP contribution in [0.4, 0.5) is 0 Å². The standard InChI is InChI=1S/C9H16N4O3S/c1-6(2)11-9(14)7(3)13-17(15,16)8-4-5-10-12-8/h4-7,13H,1-3H3,(H,10,12)(H,11,14). The Hall–Kier alpha value is -1.41. The van der Waals surface area contributed by atoms with E-state index in [2.05, 4.69) is 20.2 Å². The zero-order valence-corrected chi connectivity index (χ0v) is 10.7. The van der Waals surface area contributed by atoms with Crippen LogP contribution in [-0.2, 0) is 14.8 Å². The lowest BCUT2D eigenvalue weighted by atomic mass is 10.3. The predicted octanol–water partition coefficient (Wildman–Crippen LogP) is -0.399. The van der Waals surface area contributed by atoms with Gasteiger partial charge in [-0.25, -0.2) is 8.42 Å². The molecule has 7 nitrogen and oxygen atoms in total. The Balaban J connectivity index is 2.69. The number of amides is 1. The molecule has 17 heavy (non-hydrogen) atoms. The fourth-order valence-corrected chi connectivity index (χ4v) is 2.26. The van der Waals surface area contributed by atoms with E-state index in [4.69, 9.17) is 0 Å². The van der Waals surface area contributed by atoms with Gasteiger partial charge in [0, 0.05) is 6.04 Å². The number of H-pyrrole nitrogens is 1. The van der Waals surface area contributed by atoms with Crippen molar-refractivity contribution in [2.45, 2.75) is 37.9 Å². The first-order chi connectivity index (χ1) is 7.83. The van der Waals surface area contributed by atoms with Gasteiger partial charge in [0.1, 0.15) is 0 Å². The van der Waals surface area contributed by atoms with E-state index in [-0.39, 0.29) is 17.0 Å². The maximum Gasteiger partial charge on any atom is 0.258 e. The van der Waals surface area contributed by atoms with Crippen molar-refractivity contribution < 1.29 is 13.2 Å². The van der Waals surface area contributed by atoms with E-state index in [0.29, 0.717) is 0 Å². The Morgan fingerprint density at radius 1 is 1.41 bits per heavy atom. The van der Waals surface area contributed by atoms with E-state index in [9.17, 15) is 13.2 Å². The number of carbonyl (C=O) groups excluding carboxylic acids is 1. The minimum atomic E-state index is -3.73. The largest absolute Gasteiger partial charge is 0.353 e. The summed E-state index contributed by atoms with van der Waals surface area (Å²) >= 11 is 0. The number of nitrogens with zero attached hydrogens (tertiary/aromatic N) is 1. The summed E-state index contributed by atoms with van der Waals surface area (Å²) in [6.45, 7) is 5.08. The van der Waals surface area contributed by atoms with Crippen LogP contribution in [0.1, 0.15) is 20.8 Å². The van der Waals surface area contributed by atoms with Crippen LogP contribution in [0.5, 0.6) is 0 Å². The molecular weight excluding hydrogens is 244 g/mol. The van der Waals surface area contributed by atoms with Crippen LogP contribution < -0.4 is 10.0 Å². The number of aromatic amines is 1. The van der Waals surface area contributed by atoms with Gasteiger partial charge in [-0.15, -0.1) is 0 Å². The molecule has 0 radical (unpaired) electrons. The SMILES string of the molecule is CC(C)NC(=O)C(C)NS(=O)(=O)c1ccn[nH]1. The van der Waals surface area contributed by atoms with Gasteiger partial charge in [0.2, 0.25) is 5.91 Å². The highest BCUT2D eigenvalue weighted by atomic mass is 32.2. The molecule has 96 valence electrons. The molecule has 0 aromatic carbocycles. The predicted molar refractivity (Wildman–Crippen MR) is 61.6 cm³/mol.